The van der Waals surface area contributed by atoms with Gasteiger partial charge in [-0.1, -0.05) is 19.1 Å². The number of benzene rings is 1. The summed E-state index contributed by atoms with van der Waals surface area (Å²) in [5.74, 6) is -6.80. The molecule has 0 saturated heterocycles. The number of carbonyl (C=O) groups is 1. The highest BCUT2D eigenvalue weighted by atomic mass is 19.2. The molecule has 0 aliphatic rings. The molecule has 0 fully saturated rings. The first kappa shape index (κ1) is 17.7. The van der Waals surface area contributed by atoms with Crippen molar-refractivity contribution in [3.05, 3.63) is 53.4 Å². The van der Waals surface area contributed by atoms with Crippen molar-refractivity contribution < 1.29 is 22.4 Å². The standard InChI is InChI=1S/C16H15F4N3O/c1-2-4-11(24)22-10-6-3-5-9(7-10)8-21-14-12(17)15(19)23-16(20)13(14)18/h3,5-7H,2,4,8H2,1H3,(H,21,23)(H,22,24). The minimum atomic E-state index is -1.73. The SMILES string of the molecule is CCCC(=O)Nc1cccc(CNc2c(F)c(F)nc(F)c2F)c1. The fraction of sp³-hybridized carbons (Fsp3) is 0.250. The van der Waals surface area contributed by atoms with Crippen LogP contribution in [-0.2, 0) is 11.3 Å². The fourth-order valence-electron chi connectivity index (χ4n) is 2.04. The summed E-state index contributed by atoms with van der Waals surface area (Å²) in [5, 5.41) is 4.98. The second-order valence-electron chi connectivity index (χ2n) is 5.05. The van der Waals surface area contributed by atoms with E-state index in [0.29, 0.717) is 24.1 Å². The Hall–Kier alpha value is -2.64. The molecular weight excluding hydrogens is 326 g/mol. The maximum atomic E-state index is 13.5. The molecule has 24 heavy (non-hydrogen) atoms. The molecule has 1 aromatic heterocycles. The van der Waals surface area contributed by atoms with Gasteiger partial charge in [0.1, 0.15) is 5.69 Å². The molecule has 128 valence electrons. The van der Waals surface area contributed by atoms with Crippen LogP contribution in [0.15, 0.2) is 24.3 Å². The third kappa shape index (κ3) is 4.21. The lowest BCUT2D eigenvalue weighted by Crippen LogP contribution is -2.12. The monoisotopic (exact) mass is 341 g/mol. The summed E-state index contributed by atoms with van der Waals surface area (Å²) in [6.45, 7) is 1.77. The number of nitrogens with one attached hydrogen (secondary N) is 2. The number of hydrogen-bond acceptors (Lipinski definition) is 3. The minimum absolute atomic E-state index is 0.103. The van der Waals surface area contributed by atoms with E-state index in [2.05, 4.69) is 15.6 Å². The molecule has 0 aliphatic heterocycles. The van der Waals surface area contributed by atoms with Crippen LogP contribution in [0.3, 0.4) is 0 Å². The number of rotatable bonds is 6. The molecule has 0 radical (unpaired) electrons. The van der Waals surface area contributed by atoms with Gasteiger partial charge in [-0.05, 0) is 24.1 Å². The summed E-state index contributed by atoms with van der Waals surface area (Å²) in [5.41, 5.74) is 0.141. The zero-order chi connectivity index (χ0) is 17.7. The van der Waals surface area contributed by atoms with Crippen LogP contribution in [0.25, 0.3) is 0 Å². The molecule has 4 nitrogen and oxygen atoms in total. The smallest absolute Gasteiger partial charge is 0.253 e. The second kappa shape index (κ2) is 7.76. The van der Waals surface area contributed by atoms with Gasteiger partial charge in [-0.25, -0.2) is 0 Å². The molecule has 0 aliphatic carbocycles. The number of carbonyl (C=O) groups excluding carboxylic acids is 1. The van der Waals surface area contributed by atoms with E-state index in [1.165, 1.54) is 0 Å². The van der Waals surface area contributed by atoms with E-state index in [4.69, 9.17) is 0 Å². The lowest BCUT2D eigenvalue weighted by Gasteiger charge is -2.11. The highest BCUT2D eigenvalue weighted by molar-refractivity contribution is 5.90. The van der Waals surface area contributed by atoms with Gasteiger partial charge in [-0.2, -0.15) is 22.5 Å². The molecule has 0 bridgehead atoms. The first-order valence-corrected chi connectivity index (χ1v) is 7.25. The first-order valence-electron chi connectivity index (χ1n) is 7.25. The summed E-state index contributed by atoms with van der Waals surface area (Å²) in [7, 11) is 0. The second-order valence-corrected chi connectivity index (χ2v) is 5.05. The largest absolute Gasteiger partial charge is 0.376 e. The predicted octanol–water partition coefficient (Wildman–Crippen LogP) is 3.99. The molecule has 0 atom stereocenters. The number of halogens is 4. The zero-order valence-corrected chi connectivity index (χ0v) is 12.8. The van der Waals surface area contributed by atoms with Gasteiger partial charge in [0.25, 0.3) is 11.9 Å². The van der Waals surface area contributed by atoms with Crippen LogP contribution in [0, 0.1) is 23.5 Å². The van der Waals surface area contributed by atoms with Crippen molar-refractivity contribution in [1.29, 1.82) is 0 Å². The average Bonchev–Trinajstić information content (AvgIpc) is 2.53. The zero-order valence-electron chi connectivity index (χ0n) is 12.8. The van der Waals surface area contributed by atoms with Crippen LogP contribution in [0.4, 0.5) is 28.9 Å². The van der Waals surface area contributed by atoms with E-state index in [9.17, 15) is 22.4 Å². The van der Waals surface area contributed by atoms with Gasteiger partial charge in [-0.15, -0.1) is 0 Å². The van der Waals surface area contributed by atoms with E-state index >= 15 is 0 Å². The maximum absolute atomic E-state index is 13.5. The lowest BCUT2D eigenvalue weighted by atomic mass is 10.2. The van der Waals surface area contributed by atoms with Gasteiger partial charge < -0.3 is 10.6 Å². The fourth-order valence-corrected chi connectivity index (χ4v) is 2.04. The van der Waals surface area contributed by atoms with E-state index in [1.807, 2.05) is 6.92 Å². The van der Waals surface area contributed by atoms with Crippen LogP contribution in [0.1, 0.15) is 25.3 Å². The normalized spacial score (nSPS) is 10.5. The summed E-state index contributed by atoms with van der Waals surface area (Å²) < 4.78 is 53.1. The Morgan fingerprint density at radius 3 is 2.42 bits per heavy atom. The highest BCUT2D eigenvalue weighted by Crippen LogP contribution is 2.23. The number of nitrogens with zero attached hydrogens (tertiary/aromatic N) is 1. The van der Waals surface area contributed by atoms with Crippen LogP contribution in [0.2, 0.25) is 0 Å². The Morgan fingerprint density at radius 1 is 1.12 bits per heavy atom. The van der Waals surface area contributed by atoms with Crippen LogP contribution in [-0.4, -0.2) is 10.9 Å². The van der Waals surface area contributed by atoms with Crippen molar-refractivity contribution in [2.75, 3.05) is 10.6 Å². The van der Waals surface area contributed by atoms with Gasteiger partial charge in [0.2, 0.25) is 17.5 Å². The van der Waals surface area contributed by atoms with E-state index in [0.717, 1.165) is 0 Å². The molecule has 0 spiro atoms. The molecule has 1 amide bonds. The highest BCUT2D eigenvalue weighted by Gasteiger charge is 2.20. The van der Waals surface area contributed by atoms with Gasteiger partial charge in [-0.3, -0.25) is 4.79 Å². The maximum Gasteiger partial charge on any atom is 0.253 e. The Labute approximate surface area is 135 Å². The molecule has 0 unspecified atom stereocenters. The van der Waals surface area contributed by atoms with Gasteiger partial charge in [0.15, 0.2) is 0 Å². The molecule has 8 heteroatoms. The number of hydrogen-bond donors (Lipinski definition) is 2. The van der Waals surface area contributed by atoms with Crippen LogP contribution in [0.5, 0.6) is 0 Å². The third-order valence-electron chi connectivity index (χ3n) is 3.15. The topological polar surface area (TPSA) is 54.0 Å². The Kier molecular flexibility index (Phi) is 5.73. The first-order chi connectivity index (χ1) is 11.4. The third-order valence-corrected chi connectivity index (χ3v) is 3.15. The average molecular weight is 341 g/mol. The molecule has 0 saturated carbocycles. The van der Waals surface area contributed by atoms with Gasteiger partial charge in [0.05, 0.1) is 0 Å². The van der Waals surface area contributed by atoms with E-state index in [-0.39, 0.29) is 12.5 Å². The summed E-state index contributed by atoms with van der Waals surface area (Å²) in [6.07, 6.45) is 1.07. The Balaban J connectivity index is 2.12. The molecule has 2 aromatic rings. The number of pyridine rings is 1. The predicted molar refractivity (Wildman–Crippen MR) is 81.4 cm³/mol. The minimum Gasteiger partial charge on any atom is -0.376 e. The quantitative estimate of drug-likeness (QED) is 0.617. The van der Waals surface area contributed by atoms with Crippen molar-refractivity contribution in [1.82, 2.24) is 4.98 Å². The van der Waals surface area contributed by atoms with Crippen molar-refractivity contribution in [3.8, 4) is 0 Å². The Morgan fingerprint density at radius 2 is 1.79 bits per heavy atom. The van der Waals surface area contributed by atoms with Crippen molar-refractivity contribution in [2.45, 2.75) is 26.3 Å². The molecule has 2 N–H and O–H groups in total. The molecular formula is C16H15F4N3O. The lowest BCUT2D eigenvalue weighted by molar-refractivity contribution is -0.116. The summed E-state index contributed by atoms with van der Waals surface area (Å²) in [4.78, 5) is 14.0. The Bertz CT molecular complexity index is 726. The van der Waals surface area contributed by atoms with Crippen LogP contribution < -0.4 is 10.6 Å². The number of anilines is 2. The van der Waals surface area contributed by atoms with Crippen LogP contribution >= 0.6 is 0 Å². The van der Waals surface area contributed by atoms with Gasteiger partial charge in [0, 0.05) is 18.7 Å². The van der Waals surface area contributed by atoms with Crippen molar-refractivity contribution in [3.63, 3.8) is 0 Å². The summed E-state index contributed by atoms with van der Waals surface area (Å²) >= 11 is 0. The van der Waals surface area contributed by atoms with Crippen molar-refractivity contribution >= 4 is 17.3 Å². The number of amides is 1. The van der Waals surface area contributed by atoms with E-state index < -0.39 is 29.2 Å². The number of aromatic nitrogens is 1. The van der Waals surface area contributed by atoms with E-state index in [1.54, 1.807) is 24.3 Å². The summed E-state index contributed by atoms with van der Waals surface area (Å²) in [6, 6.07) is 6.51. The molecule has 1 heterocycles. The van der Waals surface area contributed by atoms with Gasteiger partial charge >= 0.3 is 0 Å². The molecule has 1 aromatic carbocycles. The molecule has 2 rings (SSSR count). The van der Waals surface area contributed by atoms with Crippen molar-refractivity contribution in [2.24, 2.45) is 0 Å².